The molecule has 0 spiro atoms. The van der Waals surface area contributed by atoms with Crippen LogP contribution in [-0.4, -0.2) is 10.2 Å². The summed E-state index contributed by atoms with van der Waals surface area (Å²) in [6.07, 6.45) is 2.63. The van der Waals surface area contributed by atoms with Gasteiger partial charge in [0.1, 0.15) is 11.5 Å². The van der Waals surface area contributed by atoms with Gasteiger partial charge in [-0.05, 0) is 65.8 Å². The lowest BCUT2D eigenvalue weighted by Crippen LogP contribution is -1.98. The minimum absolute atomic E-state index is 0.297. The molecule has 100 valence electrons. The first-order chi connectivity index (χ1) is 9.13. The number of hydrogen-bond donors (Lipinski definition) is 2. The van der Waals surface area contributed by atoms with Crippen molar-refractivity contribution in [2.24, 2.45) is 0 Å². The summed E-state index contributed by atoms with van der Waals surface area (Å²) in [5, 5.41) is 19.3. The standard InChI is InChI=1S/C17H20O2/c1-3-12-5-7-16(18)10-14(12)9-15-11-17(19)8-6-13(15)4-2/h5-8,10-11,18-19H,3-4,9H2,1-2H3. The van der Waals surface area contributed by atoms with Gasteiger partial charge in [-0.15, -0.1) is 0 Å². The van der Waals surface area contributed by atoms with E-state index in [9.17, 15) is 10.2 Å². The number of aryl methyl sites for hydroxylation is 2. The Morgan fingerprint density at radius 2 is 1.11 bits per heavy atom. The molecule has 0 saturated heterocycles. The van der Waals surface area contributed by atoms with Gasteiger partial charge in [-0.2, -0.15) is 0 Å². The monoisotopic (exact) mass is 256 g/mol. The Labute approximate surface area is 114 Å². The van der Waals surface area contributed by atoms with Gasteiger partial charge in [0.2, 0.25) is 0 Å². The summed E-state index contributed by atoms with van der Waals surface area (Å²) in [7, 11) is 0. The first-order valence-electron chi connectivity index (χ1n) is 6.75. The Balaban J connectivity index is 2.40. The minimum Gasteiger partial charge on any atom is -0.508 e. The van der Waals surface area contributed by atoms with Gasteiger partial charge in [0, 0.05) is 0 Å². The van der Waals surface area contributed by atoms with Gasteiger partial charge in [0.15, 0.2) is 0 Å². The summed E-state index contributed by atoms with van der Waals surface area (Å²) in [5.74, 6) is 0.593. The summed E-state index contributed by atoms with van der Waals surface area (Å²) in [4.78, 5) is 0. The van der Waals surface area contributed by atoms with Crippen molar-refractivity contribution < 1.29 is 10.2 Å². The smallest absolute Gasteiger partial charge is 0.115 e. The molecule has 0 aliphatic carbocycles. The molecule has 2 nitrogen and oxygen atoms in total. The lowest BCUT2D eigenvalue weighted by Gasteiger charge is -2.12. The van der Waals surface area contributed by atoms with Gasteiger partial charge in [-0.1, -0.05) is 26.0 Å². The minimum atomic E-state index is 0.297. The summed E-state index contributed by atoms with van der Waals surface area (Å²) in [6, 6.07) is 11.0. The SMILES string of the molecule is CCc1ccc(O)cc1Cc1cc(O)ccc1CC. The second kappa shape index (κ2) is 5.79. The van der Waals surface area contributed by atoms with Crippen LogP contribution in [0.25, 0.3) is 0 Å². The Morgan fingerprint density at radius 1 is 0.684 bits per heavy atom. The summed E-state index contributed by atoms with van der Waals surface area (Å²) in [6.45, 7) is 4.22. The summed E-state index contributed by atoms with van der Waals surface area (Å²) < 4.78 is 0. The second-order valence-electron chi connectivity index (χ2n) is 4.79. The van der Waals surface area contributed by atoms with E-state index in [4.69, 9.17) is 0 Å². The largest absolute Gasteiger partial charge is 0.508 e. The first kappa shape index (κ1) is 13.5. The van der Waals surface area contributed by atoms with Gasteiger partial charge in [0.05, 0.1) is 0 Å². The third kappa shape index (κ3) is 3.08. The maximum atomic E-state index is 9.64. The van der Waals surface area contributed by atoms with E-state index >= 15 is 0 Å². The van der Waals surface area contributed by atoms with Crippen molar-refractivity contribution >= 4 is 0 Å². The van der Waals surface area contributed by atoms with Gasteiger partial charge in [-0.3, -0.25) is 0 Å². The number of phenolic OH excluding ortho intramolecular Hbond substituents is 2. The summed E-state index contributed by atoms with van der Waals surface area (Å²) >= 11 is 0. The van der Waals surface area contributed by atoms with Crippen molar-refractivity contribution in [3.8, 4) is 11.5 Å². The zero-order valence-corrected chi connectivity index (χ0v) is 11.5. The van der Waals surface area contributed by atoms with Crippen molar-refractivity contribution in [3.05, 3.63) is 58.7 Å². The van der Waals surface area contributed by atoms with Gasteiger partial charge in [-0.25, -0.2) is 0 Å². The van der Waals surface area contributed by atoms with E-state index in [2.05, 4.69) is 13.8 Å². The first-order valence-corrected chi connectivity index (χ1v) is 6.75. The quantitative estimate of drug-likeness (QED) is 0.873. The molecule has 0 amide bonds. The van der Waals surface area contributed by atoms with E-state index < -0.39 is 0 Å². The molecule has 0 aromatic heterocycles. The molecule has 2 aromatic rings. The Morgan fingerprint density at radius 3 is 1.47 bits per heavy atom. The van der Waals surface area contributed by atoms with Gasteiger partial charge < -0.3 is 10.2 Å². The molecule has 2 N–H and O–H groups in total. The van der Waals surface area contributed by atoms with Crippen LogP contribution in [-0.2, 0) is 19.3 Å². The topological polar surface area (TPSA) is 40.5 Å². The van der Waals surface area contributed by atoms with E-state index in [1.54, 1.807) is 12.1 Å². The molecule has 0 heterocycles. The predicted molar refractivity (Wildman–Crippen MR) is 77.8 cm³/mol. The van der Waals surface area contributed by atoms with Crippen LogP contribution in [0.2, 0.25) is 0 Å². The van der Waals surface area contributed by atoms with Crippen molar-refractivity contribution in [2.75, 3.05) is 0 Å². The number of rotatable bonds is 4. The van der Waals surface area contributed by atoms with Crippen LogP contribution in [0.1, 0.15) is 36.1 Å². The molecule has 2 heteroatoms. The molecule has 0 unspecified atom stereocenters. The molecule has 0 aliphatic heterocycles. The molecule has 0 aliphatic rings. The molecule has 2 aromatic carbocycles. The van der Waals surface area contributed by atoms with Crippen LogP contribution in [0, 0.1) is 0 Å². The van der Waals surface area contributed by atoms with Crippen molar-refractivity contribution in [3.63, 3.8) is 0 Å². The molecule has 2 rings (SSSR count). The van der Waals surface area contributed by atoms with Crippen molar-refractivity contribution in [1.29, 1.82) is 0 Å². The third-order valence-electron chi connectivity index (χ3n) is 3.52. The molecule has 0 saturated carbocycles. The third-order valence-corrected chi connectivity index (χ3v) is 3.52. The Hall–Kier alpha value is -1.96. The summed E-state index contributed by atoms with van der Waals surface area (Å²) in [5.41, 5.74) is 4.73. The van der Waals surface area contributed by atoms with Crippen molar-refractivity contribution in [1.82, 2.24) is 0 Å². The van der Waals surface area contributed by atoms with E-state index in [1.807, 2.05) is 24.3 Å². The molecule has 0 bridgehead atoms. The molecular weight excluding hydrogens is 236 g/mol. The molecular formula is C17H20O2. The zero-order valence-electron chi connectivity index (χ0n) is 11.5. The highest BCUT2D eigenvalue weighted by Crippen LogP contribution is 2.24. The normalized spacial score (nSPS) is 10.6. The second-order valence-corrected chi connectivity index (χ2v) is 4.79. The maximum Gasteiger partial charge on any atom is 0.115 e. The van der Waals surface area contributed by atoms with Crippen LogP contribution in [0.3, 0.4) is 0 Å². The number of benzene rings is 2. The predicted octanol–water partition coefficient (Wildman–Crippen LogP) is 3.81. The van der Waals surface area contributed by atoms with Crippen LogP contribution in [0.4, 0.5) is 0 Å². The maximum absolute atomic E-state index is 9.64. The highest BCUT2D eigenvalue weighted by Gasteiger charge is 2.08. The Kier molecular flexibility index (Phi) is 4.10. The number of aromatic hydroxyl groups is 2. The van der Waals surface area contributed by atoms with Gasteiger partial charge in [0.25, 0.3) is 0 Å². The van der Waals surface area contributed by atoms with Crippen LogP contribution in [0.15, 0.2) is 36.4 Å². The number of hydrogen-bond acceptors (Lipinski definition) is 2. The molecule has 19 heavy (non-hydrogen) atoms. The highest BCUT2D eigenvalue weighted by molar-refractivity contribution is 5.42. The fraction of sp³-hybridized carbons (Fsp3) is 0.294. The van der Waals surface area contributed by atoms with E-state index in [1.165, 1.54) is 11.1 Å². The van der Waals surface area contributed by atoms with Crippen LogP contribution in [0.5, 0.6) is 11.5 Å². The van der Waals surface area contributed by atoms with E-state index in [-0.39, 0.29) is 0 Å². The zero-order chi connectivity index (χ0) is 13.8. The average Bonchev–Trinajstić information content (AvgIpc) is 2.39. The van der Waals surface area contributed by atoms with Crippen LogP contribution < -0.4 is 0 Å². The molecule has 0 radical (unpaired) electrons. The fourth-order valence-corrected chi connectivity index (χ4v) is 2.45. The fourth-order valence-electron chi connectivity index (χ4n) is 2.45. The molecule has 0 atom stereocenters. The molecule has 0 fully saturated rings. The number of phenols is 2. The average molecular weight is 256 g/mol. The Bertz CT molecular complexity index is 522. The highest BCUT2D eigenvalue weighted by atomic mass is 16.3. The van der Waals surface area contributed by atoms with Gasteiger partial charge >= 0.3 is 0 Å². The van der Waals surface area contributed by atoms with E-state index in [0.29, 0.717) is 11.5 Å². The lowest BCUT2D eigenvalue weighted by molar-refractivity contribution is 0.474. The lowest BCUT2D eigenvalue weighted by atomic mass is 9.94. The van der Waals surface area contributed by atoms with Crippen LogP contribution >= 0.6 is 0 Å². The van der Waals surface area contributed by atoms with Crippen molar-refractivity contribution in [2.45, 2.75) is 33.1 Å². The van der Waals surface area contributed by atoms with E-state index in [0.717, 1.165) is 30.4 Å².